The van der Waals surface area contributed by atoms with Gasteiger partial charge < -0.3 is 0 Å². The van der Waals surface area contributed by atoms with Gasteiger partial charge in [0.15, 0.2) is 0 Å². The Kier molecular flexibility index (Phi) is 2.50. The lowest BCUT2D eigenvalue weighted by molar-refractivity contribution is 0.0242. The van der Waals surface area contributed by atoms with Crippen LogP contribution < -0.4 is 0 Å². The van der Waals surface area contributed by atoms with Gasteiger partial charge in [-0.2, -0.15) is 5.26 Å². The number of nitrogens with zero attached hydrogens (tertiary/aromatic N) is 2. The first-order valence-corrected chi connectivity index (χ1v) is 5.30. The number of benzene rings is 1. The monoisotopic (exact) mass is 200 g/mol. The molecule has 1 aliphatic heterocycles. The van der Waals surface area contributed by atoms with E-state index in [0.29, 0.717) is 5.41 Å². The Hall–Kier alpha value is -1.33. The lowest BCUT2D eigenvalue weighted by Gasteiger charge is -2.46. The number of hydrogen-bond acceptors (Lipinski definition) is 2. The summed E-state index contributed by atoms with van der Waals surface area (Å²) in [7, 11) is 0. The van der Waals surface area contributed by atoms with E-state index in [-0.39, 0.29) is 0 Å². The molecule has 0 spiro atoms. The lowest BCUT2D eigenvalue weighted by atomic mass is 9.84. The minimum Gasteiger partial charge on any atom is -0.298 e. The first-order valence-electron chi connectivity index (χ1n) is 5.30. The molecule has 1 aromatic rings. The highest BCUT2D eigenvalue weighted by Gasteiger charge is 2.33. The summed E-state index contributed by atoms with van der Waals surface area (Å²) in [5.74, 6) is 0. The maximum Gasteiger partial charge on any atom is 0.0991 e. The number of nitriles is 1. The molecule has 78 valence electrons. The fourth-order valence-corrected chi connectivity index (χ4v) is 2.22. The zero-order valence-corrected chi connectivity index (χ0v) is 9.33. The van der Waals surface area contributed by atoms with Crippen LogP contribution in [0.2, 0.25) is 0 Å². The Bertz CT molecular complexity index is 376. The normalized spacial score (nSPS) is 19.3. The van der Waals surface area contributed by atoms with Crippen molar-refractivity contribution in [2.45, 2.75) is 20.4 Å². The van der Waals surface area contributed by atoms with Crippen molar-refractivity contribution in [3.8, 4) is 6.07 Å². The van der Waals surface area contributed by atoms with Crippen LogP contribution in [-0.4, -0.2) is 18.0 Å². The third kappa shape index (κ3) is 2.37. The molecule has 2 rings (SSSR count). The van der Waals surface area contributed by atoms with E-state index in [4.69, 9.17) is 5.26 Å². The van der Waals surface area contributed by atoms with Gasteiger partial charge >= 0.3 is 0 Å². The van der Waals surface area contributed by atoms with Crippen molar-refractivity contribution in [2.24, 2.45) is 5.41 Å². The molecular formula is C13H16N2. The number of likely N-dealkylation sites (tertiary alicyclic amines) is 1. The summed E-state index contributed by atoms with van der Waals surface area (Å²) in [6.45, 7) is 7.94. The van der Waals surface area contributed by atoms with Crippen LogP contribution in [0.25, 0.3) is 0 Å². The molecule has 0 saturated carbocycles. The minimum atomic E-state index is 0.493. The zero-order chi connectivity index (χ0) is 10.9. The minimum absolute atomic E-state index is 0.493. The van der Waals surface area contributed by atoms with Crippen LogP contribution in [0.1, 0.15) is 25.0 Å². The first-order chi connectivity index (χ1) is 7.09. The molecule has 0 atom stereocenters. The fraction of sp³-hybridized carbons (Fsp3) is 0.462. The predicted molar refractivity (Wildman–Crippen MR) is 60.2 cm³/mol. The van der Waals surface area contributed by atoms with E-state index < -0.39 is 0 Å². The van der Waals surface area contributed by atoms with Crippen molar-refractivity contribution in [3.05, 3.63) is 35.4 Å². The zero-order valence-electron chi connectivity index (χ0n) is 9.33. The average Bonchev–Trinajstić information content (AvgIpc) is 2.16. The summed E-state index contributed by atoms with van der Waals surface area (Å²) in [4.78, 5) is 2.43. The molecule has 1 aliphatic rings. The molecule has 0 radical (unpaired) electrons. The van der Waals surface area contributed by atoms with Crippen molar-refractivity contribution >= 4 is 0 Å². The van der Waals surface area contributed by atoms with Crippen molar-refractivity contribution in [1.82, 2.24) is 4.90 Å². The van der Waals surface area contributed by atoms with E-state index in [0.717, 1.165) is 12.1 Å². The molecule has 0 bridgehead atoms. The molecule has 15 heavy (non-hydrogen) atoms. The largest absolute Gasteiger partial charge is 0.298 e. The highest BCUT2D eigenvalue weighted by molar-refractivity contribution is 5.31. The predicted octanol–water partition coefficient (Wildman–Crippen LogP) is 2.40. The summed E-state index contributed by atoms with van der Waals surface area (Å²) in [5.41, 5.74) is 2.53. The van der Waals surface area contributed by atoms with E-state index in [2.05, 4.69) is 24.8 Å². The topological polar surface area (TPSA) is 27.0 Å². The van der Waals surface area contributed by atoms with Crippen molar-refractivity contribution < 1.29 is 0 Å². The summed E-state index contributed by atoms with van der Waals surface area (Å²) in [5, 5.41) is 8.68. The molecule has 1 heterocycles. The van der Waals surface area contributed by atoms with Gasteiger partial charge in [0.2, 0.25) is 0 Å². The van der Waals surface area contributed by atoms with Crippen LogP contribution in [-0.2, 0) is 6.54 Å². The molecule has 1 aromatic carbocycles. The Morgan fingerprint density at radius 2 is 1.87 bits per heavy atom. The molecule has 0 aromatic heterocycles. The van der Waals surface area contributed by atoms with Crippen LogP contribution in [0.3, 0.4) is 0 Å². The quantitative estimate of drug-likeness (QED) is 0.733. The smallest absolute Gasteiger partial charge is 0.0991 e. The summed E-state index contributed by atoms with van der Waals surface area (Å²) < 4.78 is 0. The van der Waals surface area contributed by atoms with Crippen molar-refractivity contribution in [2.75, 3.05) is 13.1 Å². The SMILES string of the molecule is CC1(C)CN(Cc2ccc(C#N)cc2)C1. The Morgan fingerprint density at radius 3 is 2.33 bits per heavy atom. The molecule has 0 amide bonds. The average molecular weight is 200 g/mol. The van der Waals surface area contributed by atoms with Crippen LogP contribution in [0, 0.1) is 16.7 Å². The van der Waals surface area contributed by atoms with Crippen LogP contribution in [0.5, 0.6) is 0 Å². The summed E-state index contributed by atoms with van der Waals surface area (Å²) >= 11 is 0. The molecule has 2 heteroatoms. The second-order valence-corrected chi connectivity index (χ2v) is 5.12. The molecule has 0 aliphatic carbocycles. The summed E-state index contributed by atoms with van der Waals surface area (Å²) in [6, 6.07) is 10.0. The van der Waals surface area contributed by atoms with Gasteiger partial charge in [-0.05, 0) is 23.1 Å². The van der Waals surface area contributed by atoms with E-state index >= 15 is 0 Å². The molecule has 0 N–H and O–H groups in total. The van der Waals surface area contributed by atoms with Crippen molar-refractivity contribution in [1.29, 1.82) is 5.26 Å². The molecular weight excluding hydrogens is 184 g/mol. The fourth-order valence-electron chi connectivity index (χ4n) is 2.22. The van der Waals surface area contributed by atoms with Gasteiger partial charge in [0.05, 0.1) is 11.6 Å². The lowest BCUT2D eigenvalue weighted by Crippen LogP contribution is -2.52. The van der Waals surface area contributed by atoms with E-state index in [1.807, 2.05) is 24.3 Å². The first kappa shape index (κ1) is 10.2. The van der Waals surface area contributed by atoms with E-state index in [1.165, 1.54) is 18.7 Å². The maximum atomic E-state index is 8.68. The number of rotatable bonds is 2. The second-order valence-electron chi connectivity index (χ2n) is 5.12. The van der Waals surface area contributed by atoms with Crippen LogP contribution in [0.15, 0.2) is 24.3 Å². The second kappa shape index (κ2) is 3.67. The molecule has 0 unspecified atom stereocenters. The van der Waals surface area contributed by atoms with Gasteiger partial charge in [-0.1, -0.05) is 26.0 Å². The van der Waals surface area contributed by atoms with Gasteiger partial charge in [-0.3, -0.25) is 4.90 Å². The number of hydrogen-bond donors (Lipinski definition) is 0. The van der Waals surface area contributed by atoms with Gasteiger partial charge in [-0.25, -0.2) is 0 Å². The van der Waals surface area contributed by atoms with E-state index in [9.17, 15) is 0 Å². The van der Waals surface area contributed by atoms with Gasteiger partial charge in [0.25, 0.3) is 0 Å². The Labute approximate surface area is 91.1 Å². The third-order valence-corrected chi connectivity index (χ3v) is 2.79. The highest BCUT2D eigenvalue weighted by atomic mass is 15.2. The molecule has 1 fully saturated rings. The van der Waals surface area contributed by atoms with Gasteiger partial charge in [0.1, 0.15) is 0 Å². The Morgan fingerprint density at radius 1 is 1.27 bits per heavy atom. The van der Waals surface area contributed by atoms with Crippen molar-refractivity contribution in [3.63, 3.8) is 0 Å². The maximum absolute atomic E-state index is 8.68. The highest BCUT2D eigenvalue weighted by Crippen LogP contribution is 2.29. The van der Waals surface area contributed by atoms with Gasteiger partial charge in [-0.15, -0.1) is 0 Å². The molecule has 2 nitrogen and oxygen atoms in total. The standard InChI is InChI=1S/C13H16N2/c1-13(2)9-15(10-13)8-12-5-3-11(7-14)4-6-12/h3-6H,8-10H2,1-2H3. The van der Waals surface area contributed by atoms with Crippen LogP contribution >= 0.6 is 0 Å². The van der Waals surface area contributed by atoms with Gasteiger partial charge in [0, 0.05) is 19.6 Å². The van der Waals surface area contributed by atoms with Crippen LogP contribution in [0.4, 0.5) is 0 Å². The Balaban J connectivity index is 1.93. The third-order valence-electron chi connectivity index (χ3n) is 2.79. The molecule has 1 saturated heterocycles. The summed E-state index contributed by atoms with van der Waals surface area (Å²) in [6.07, 6.45) is 0. The van der Waals surface area contributed by atoms with E-state index in [1.54, 1.807) is 0 Å².